The summed E-state index contributed by atoms with van der Waals surface area (Å²) < 4.78 is 0. The average molecular weight is 274 g/mol. The fourth-order valence-corrected chi connectivity index (χ4v) is 2.31. The van der Waals surface area contributed by atoms with Crippen molar-refractivity contribution >= 4 is 11.8 Å². The Hall–Kier alpha value is -1.90. The first-order valence-corrected chi connectivity index (χ1v) is 6.74. The van der Waals surface area contributed by atoms with Crippen molar-refractivity contribution in [1.82, 2.24) is 0 Å². The minimum atomic E-state index is -0.962. The standard InChI is InChI=1S/C17H22O3/c1-12(6-5-7-16(19)20)8-9-14-13(2)15(18)10-11-17(14,3)4/h5-9H,10-11H2,1-4H3,(H,19,20)/b7-5+,9-8+,12-6+. The highest BCUT2D eigenvalue weighted by Crippen LogP contribution is 2.39. The Kier molecular flexibility index (Phi) is 5.26. The van der Waals surface area contributed by atoms with Gasteiger partial charge in [0.2, 0.25) is 0 Å². The van der Waals surface area contributed by atoms with E-state index >= 15 is 0 Å². The van der Waals surface area contributed by atoms with E-state index in [2.05, 4.69) is 13.8 Å². The van der Waals surface area contributed by atoms with E-state index in [4.69, 9.17) is 5.11 Å². The number of aliphatic carboxylic acids is 1. The summed E-state index contributed by atoms with van der Waals surface area (Å²) in [6.07, 6.45) is 9.71. The van der Waals surface area contributed by atoms with E-state index in [1.54, 1.807) is 6.08 Å². The Morgan fingerprint density at radius 2 is 1.95 bits per heavy atom. The third-order valence-corrected chi connectivity index (χ3v) is 3.64. The molecule has 0 aromatic carbocycles. The van der Waals surface area contributed by atoms with Crippen molar-refractivity contribution in [3.63, 3.8) is 0 Å². The molecule has 0 bridgehead atoms. The quantitative estimate of drug-likeness (QED) is 0.626. The number of Topliss-reactive ketones (excluding diaryl/α,β-unsaturated/α-hetero) is 1. The van der Waals surface area contributed by atoms with Crippen LogP contribution in [0.25, 0.3) is 0 Å². The maximum absolute atomic E-state index is 11.8. The van der Waals surface area contributed by atoms with Crippen molar-refractivity contribution in [2.45, 2.75) is 40.5 Å². The van der Waals surface area contributed by atoms with Gasteiger partial charge in [-0.15, -0.1) is 0 Å². The SMILES string of the molecule is CC1=C(/C=C/C(C)=C/C=C/C(=O)O)C(C)(C)CCC1=O. The number of ketones is 1. The first-order valence-electron chi connectivity index (χ1n) is 6.74. The van der Waals surface area contributed by atoms with E-state index in [1.165, 1.54) is 6.08 Å². The lowest BCUT2D eigenvalue weighted by molar-refractivity contribution is -0.131. The topological polar surface area (TPSA) is 54.4 Å². The van der Waals surface area contributed by atoms with Crippen molar-refractivity contribution in [1.29, 1.82) is 0 Å². The average Bonchev–Trinajstić information content (AvgIpc) is 2.33. The minimum Gasteiger partial charge on any atom is -0.478 e. The highest BCUT2D eigenvalue weighted by molar-refractivity contribution is 5.97. The molecular weight excluding hydrogens is 252 g/mol. The van der Waals surface area contributed by atoms with E-state index in [0.717, 1.165) is 29.2 Å². The molecule has 20 heavy (non-hydrogen) atoms. The Bertz CT molecular complexity index is 528. The van der Waals surface area contributed by atoms with Gasteiger partial charge in [0, 0.05) is 12.5 Å². The van der Waals surface area contributed by atoms with Crippen LogP contribution in [0, 0.1) is 5.41 Å². The zero-order chi connectivity index (χ0) is 15.3. The van der Waals surface area contributed by atoms with Gasteiger partial charge in [0.15, 0.2) is 5.78 Å². The van der Waals surface area contributed by atoms with Gasteiger partial charge in [-0.3, -0.25) is 4.79 Å². The molecule has 0 spiro atoms. The third kappa shape index (κ3) is 4.34. The van der Waals surface area contributed by atoms with Gasteiger partial charge in [-0.1, -0.05) is 43.7 Å². The van der Waals surface area contributed by atoms with Crippen molar-refractivity contribution < 1.29 is 14.7 Å². The summed E-state index contributed by atoms with van der Waals surface area (Å²) in [5.74, 6) is -0.744. The number of rotatable bonds is 4. The molecule has 0 amide bonds. The molecule has 3 heteroatoms. The summed E-state index contributed by atoms with van der Waals surface area (Å²) in [7, 11) is 0. The van der Waals surface area contributed by atoms with E-state index in [9.17, 15) is 9.59 Å². The Morgan fingerprint density at radius 3 is 2.55 bits per heavy atom. The largest absolute Gasteiger partial charge is 0.478 e. The Balaban J connectivity index is 2.95. The number of carbonyl (C=O) groups excluding carboxylic acids is 1. The molecule has 0 aromatic rings. The smallest absolute Gasteiger partial charge is 0.328 e. The summed E-state index contributed by atoms with van der Waals surface area (Å²) in [5, 5.41) is 8.51. The third-order valence-electron chi connectivity index (χ3n) is 3.64. The molecule has 0 saturated carbocycles. The predicted octanol–water partition coefficient (Wildman–Crippen LogP) is 3.84. The van der Waals surface area contributed by atoms with Crippen molar-refractivity contribution in [3.05, 3.63) is 47.1 Å². The fraction of sp³-hybridized carbons (Fsp3) is 0.412. The van der Waals surface area contributed by atoms with E-state index < -0.39 is 5.97 Å². The van der Waals surface area contributed by atoms with Gasteiger partial charge in [-0.2, -0.15) is 0 Å². The molecule has 1 rings (SSSR count). The zero-order valence-corrected chi connectivity index (χ0v) is 12.6. The van der Waals surface area contributed by atoms with Crippen LogP contribution in [0.5, 0.6) is 0 Å². The first-order chi connectivity index (χ1) is 9.24. The zero-order valence-electron chi connectivity index (χ0n) is 12.6. The number of carboxylic acid groups (broad SMARTS) is 1. The molecule has 1 N–H and O–H groups in total. The fourth-order valence-electron chi connectivity index (χ4n) is 2.31. The van der Waals surface area contributed by atoms with Crippen LogP contribution in [0.1, 0.15) is 40.5 Å². The summed E-state index contributed by atoms with van der Waals surface area (Å²) in [6, 6.07) is 0. The van der Waals surface area contributed by atoms with Crippen LogP contribution in [0.15, 0.2) is 47.1 Å². The lowest BCUT2D eigenvalue weighted by Crippen LogP contribution is -2.24. The highest BCUT2D eigenvalue weighted by Gasteiger charge is 2.30. The van der Waals surface area contributed by atoms with Crippen LogP contribution in [-0.2, 0) is 9.59 Å². The second-order valence-electron chi connectivity index (χ2n) is 5.79. The van der Waals surface area contributed by atoms with Crippen molar-refractivity contribution in [2.75, 3.05) is 0 Å². The minimum absolute atomic E-state index is 0.00563. The van der Waals surface area contributed by atoms with Gasteiger partial charge in [0.25, 0.3) is 0 Å². The monoisotopic (exact) mass is 274 g/mol. The molecule has 0 fully saturated rings. The van der Waals surface area contributed by atoms with E-state index in [-0.39, 0.29) is 11.2 Å². The van der Waals surface area contributed by atoms with Crippen LogP contribution in [0.3, 0.4) is 0 Å². The molecule has 108 valence electrons. The molecule has 0 heterocycles. The number of hydrogen-bond donors (Lipinski definition) is 1. The number of allylic oxidation sites excluding steroid dienone is 7. The molecule has 0 saturated heterocycles. The van der Waals surface area contributed by atoms with E-state index in [1.807, 2.05) is 26.0 Å². The lowest BCUT2D eigenvalue weighted by atomic mass is 9.72. The van der Waals surface area contributed by atoms with E-state index in [0.29, 0.717) is 6.42 Å². The second-order valence-corrected chi connectivity index (χ2v) is 5.79. The summed E-state index contributed by atoms with van der Waals surface area (Å²) in [5.41, 5.74) is 2.86. The van der Waals surface area contributed by atoms with Gasteiger partial charge in [0.1, 0.15) is 0 Å². The summed E-state index contributed by atoms with van der Waals surface area (Å²) >= 11 is 0. The van der Waals surface area contributed by atoms with Gasteiger partial charge in [0.05, 0.1) is 0 Å². The molecule has 1 aliphatic carbocycles. The van der Waals surface area contributed by atoms with Gasteiger partial charge in [-0.05, 0) is 36.8 Å². The maximum Gasteiger partial charge on any atom is 0.328 e. The Morgan fingerprint density at radius 1 is 1.30 bits per heavy atom. The van der Waals surface area contributed by atoms with Crippen LogP contribution in [0.2, 0.25) is 0 Å². The lowest BCUT2D eigenvalue weighted by Gasteiger charge is -2.32. The maximum atomic E-state index is 11.8. The predicted molar refractivity (Wildman–Crippen MR) is 80.4 cm³/mol. The number of carboxylic acids is 1. The molecule has 0 atom stereocenters. The Labute approximate surface area is 120 Å². The first kappa shape index (κ1) is 16.2. The number of hydrogen-bond acceptors (Lipinski definition) is 2. The molecule has 0 unspecified atom stereocenters. The molecule has 3 nitrogen and oxygen atoms in total. The summed E-state index contributed by atoms with van der Waals surface area (Å²) in [4.78, 5) is 22.2. The molecule has 0 aromatic heterocycles. The second kappa shape index (κ2) is 6.51. The molecule has 0 radical (unpaired) electrons. The normalized spacial score (nSPS) is 20.2. The summed E-state index contributed by atoms with van der Waals surface area (Å²) in [6.45, 7) is 8.07. The van der Waals surface area contributed by atoms with Gasteiger partial charge >= 0.3 is 5.97 Å². The van der Waals surface area contributed by atoms with Crippen LogP contribution >= 0.6 is 0 Å². The molecular formula is C17H22O3. The van der Waals surface area contributed by atoms with Crippen LogP contribution in [0.4, 0.5) is 0 Å². The van der Waals surface area contributed by atoms with Crippen molar-refractivity contribution in [3.8, 4) is 0 Å². The number of carbonyl (C=O) groups is 2. The van der Waals surface area contributed by atoms with Gasteiger partial charge < -0.3 is 5.11 Å². The highest BCUT2D eigenvalue weighted by atomic mass is 16.4. The van der Waals surface area contributed by atoms with Crippen LogP contribution in [-0.4, -0.2) is 16.9 Å². The molecule has 0 aliphatic heterocycles. The molecule has 1 aliphatic rings. The van der Waals surface area contributed by atoms with Crippen LogP contribution < -0.4 is 0 Å². The van der Waals surface area contributed by atoms with Gasteiger partial charge in [-0.25, -0.2) is 4.79 Å². The van der Waals surface area contributed by atoms with Crippen molar-refractivity contribution in [2.24, 2.45) is 5.41 Å².